The molecule has 4 heteroatoms. The second kappa shape index (κ2) is 7.56. The number of ether oxygens (including phenoxy) is 1. The molecule has 2 atom stereocenters. The van der Waals surface area contributed by atoms with Crippen molar-refractivity contribution in [2.45, 2.75) is 64.5 Å². The lowest BCUT2D eigenvalue weighted by Crippen LogP contribution is -2.53. The van der Waals surface area contributed by atoms with Crippen molar-refractivity contribution in [3.05, 3.63) is 29.3 Å². The van der Waals surface area contributed by atoms with Gasteiger partial charge in [0.15, 0.2) is 0 Å². The molecule has 2 saturated carbocycles. The highest BCUT2D eigenvalue weighted by Gasteiger charge is 2.39. The molecule has 0 aromatic heterocycles. The van der Waals surface area contributed by atoms with E-state index in [0.717, 1.165) is 24.2 Å². The Morgan fingerprint density at radius 2 is 1.96 bits per heavy atom. The maximum atomic E-state index is 12.3. The molecule has 1 aromatic rings. The van der Waals surface area contributed by atoms with Crippen molar-refractivity contribution in [2.24, 2.45) is 17.6 Å². The van der Waals surface area contributed by atoms with Gasteiger partial charge in [0, 0.05) is 12.1 Å². The van der Waals surface area contributed by atoms with Crippen molar-refractivity contribution in [3.8, 4) is 5.75 Å². The van der Waals surface area contributed by atoms with Gasteiger partial charge in [-0.1, -0.05) is 18.6 Å². The van der Waals surface area contributed by atoms with Crippen LogP contribution < -0.4 is 15.8 Å². The summed E-state index contributed by atoms with van der Waals surface area (Å²) in [6.45, 7) is 4.50. The van der Waals surface area contributed by atoms with Crippen molar-refractivity contribution in [3.63, 3.8) is 0 Å². The molecule has 24 heavy (non-hydrogen) atoms. The SMILES string of the molecule is Cc1ccc(C)c(OCCC(=O)NC2C3CCCC2CC(N)C3)c1. The average molecular weight is 330 g/mol. The first-order valence-corrected chi connectivity index (χ1v) is 9.28. The number of rotatable bonds is 5. The third-order valence-corrected chi connectivity index (χ3v) is 5.63. The standard InChI is InChI=1S/C20H30N2O2/c1-13-6-7-14(2)18(10-13)24-9-8-19(23)22-20-15-4-3-5-16(20)12-17(21)11-15/h6-7,10,15-17,20H,3-5,8-9,11-12,21H2,1-2H3,(H,22,23). The summed E-state index contributed by atoms with van der Waals surface area (Å²) >= 11 is 0. The van der Waals surface area contributed by atoms with Crippen LogP contribution in [0.2, 0.25) is 0 Å². The van der Waals surface area contributed by atoms with E-state index >= 15 is 0 Å². The summed E-state index contributed by atoms with van der Waals surface area (Å²) in [4.78, 5) is 12.3. The maximum Gasteiger partial charge on any atom is 0.223 e. The molecule has 1 amide bonds. The first-order chi connectivity index (χ1) is 11.5. The molecule has 132 valence electrons. The van der Waals surface area contributed by atoms with Gasteiger partial charge < -0.3 is 15.8 Å². The molecule has 2 unspecified atom stereocenters. The van der Waals surface area contributed by atoms with Gasteiger partial charge in [0.2, 0.25) is 5.91 Å². The first-order valence-electron chi connectivity index (χ1n) is 9.28. The molecule has 2 fully saturated rings. The predicted octanol–water partition coefficient (Wildman–Crippen LogP) is 3.09. The van der Waals surface area contributed by atoms with Crippen LogP contribution in [0.25, 0.3) is 0 Å². The van der Waals surface area contributed by atoms with Gasteiger partial charge in [-0.05, 0) is 68.6 Å². The molecule has 2 aliphatic carbocycles. The maximum absolute atomic E-state index is 12.3. The summed E-state index contributed by atoms with van der Waals surface area (Å²) < 4.78 is 5.81. The van der Waals surface area contributed by atoms with Crippen LogP contribution >= 0.6 is 0 Å². The fraction of sp³-hybridized carbons (Fsp3) is 0.650. The number of hydrogen-bond donors (Lipinski definition) is 2. The van der Waals surface area contributed by atoms with E-state index < -0.39 is 0 Å². The van der Waals surface area contributed by atoms with Gasteiger partial charge in [0.25, 0.3) is 0 Å². The molecular weight excluding hydrogens is 300 g/mol. The highest BCUT2D eigenvalue weighted by atomic mass is 16.5. The number of hydrogen-bond acceptors (Lipinski definition) is 3. The van der Waals surface area contributed by atoms with Crippen LogP contribution in [0.15, 0.2) is 18.2 Å². The predicted molar refractivity (Wildman–Crippen MR) is 96.0 cm³/mol. The van der Waals surface area contributed by atoms with Crippen LogP contribution in [0, 0.1) is 25.7 Å². The van der Waals surface area contributed by atoms with Crippen molar-refractivity contribution >= 4 is 5.91 Å². The number of nitrogens with one attached hydrogen (secondary N) is 1. The van der Waals surface area contributed by atoms with Crippen LogP contribution in [0.3, 0.4) is 0 Å². The first kappa shape index (κ1) is 17.3. The van der Waals surface area contributed by atoms with Gasteiger partial charge in [0.05, 0.1) is 13.0 Å². The normalized spacial score (nSPS) is 29.1. The largest absolute Gasteiger partial charge is 0.493 e. The van der Waals surface area contributed by atoms with Crippen LogP contribution in [0.5, 0.6) is 5.75 Å². The Balaban J connectivity index is 1.48. The zero-order valence-electron chi connectivity index (χ0n) is 14.9. The fourth-order valence-corrected chi connectivity index (χ4v) is 4.40. The highest BCUT2D eigenvalue weighted by molar-refractivity contribution is 5.76. The Morgan fingerprint density at radius 1 is 1.25 bits per heavy atom. The second-order valence-electron chi connectivity index (χ2n) is 7.64. The molecule has 0 saturated heterocycles. The number of carbonyl (C=O) groups excluding carboxylic acids is 1. The average Bonchev–Trinajstić information content (AvgIpc) is 2.51. The van der Waals surface area contributed by atoms with E-state index in [1.54, 1.807) is 0 Å². The molecule has 2 aliphatic rings. The van der Waals surface area contributed by atoms with Crippen LogP contribution in [0.1, 0.15) is 49.7 Å². The minimum absolute atomic E-state index is 0.109. The number of nitrogens with two attached hydrogens (primary N) is 1. The molecule has 3 N–H and O–H groups in total. The molecule has 4 nitrogen and oxygen atoms in total. The quantitative estimate of drug-likeness (QED) is 0.872. The zero-order valence-corrected chi connectivity index (χ0v) is 14.9. The van der Waals surface area contributed by atoms with Crippen molar-refractivity contribution in [2.75, 3.05) is 6.61 Å². The van der Waals surface area contributed by atoms with Gasteiger partial charge in [-0.25, -0.2) is 0 Å². The molecule has 0 radical (unpaired) electrons. The van der Waals surface area contributed by atoms with E-state index in [0.29, 0.717) is 36.9 Å². The number of carbonyl (C=O) groups is 1. The number of benzene rings is 1. The molecule has 0 aliphatic heterocycles. The summed E-state index contributed by atoms with van der Waals surface area (Å²) in [5.74, 6) is 2.12. The van der Waals surface area contributed by atoms with Crippen molar-refractivity contribution in [1.82, 2.24) is 5.32 Å². The number of amides is 1. The van der Waals surface area contributed by atoms with E-state index in [1.807, 2.05) is 19.9 Å². The van der Waals surface area contributed by atoms with E-state index in [9.17, 15) is 4.79 Å². The third kappa shape index (κ3) is 4.10. The fourth-order valence-electron chi connectivity index (χ4n) is 4.40. The molecule has 3 rings (SSSR count). The van der Waals surface area contributed by atoms with E-state index in [1.165, 1.54) is 24.8 Å². The van der Waals surface area contributed by atoms with Gasteiger partial charge in [-0.15, -0.1) is 0 Å². The van der Waals surface area contributed by atoms with Crippen LogP contribution in [-0.2, 0) is 4.79 Å². The summed E-state index contributed by atoms with van der Waals surface area (Å²) in [5, 5.41) is 3.28. The second-order valence-corrected chi connectivity index (χ2v) is 7.64. The minimum atomic E-state index is 0.109. The van der Waals surface area contributed by atoms with Gasteiger partial charge in [-0.3, -0.25) is 4.79 Å². The number of aryl methyl sites for hydroxylation is 2. The van der Waals surface area contributed by atoms with Gasteiger partial charge >= 0.3 is 0 Å². The minimum Gasteiger partial charge on any atom is -0.493 e. The Kier molecular flexibility index (Phi) is 5.44. The topological polar surface area (TPSA) is 64.3 Å². The smallest absolute Gasteiger partial charge is 0.223 e. The monoisotopic (exact) mass is 330 g/mol. The Labute approximate surface area is 145 Å². The van der Waals surface area contributed by atoms with E-state index in [2.05, 4.69) is 17.4 Å². The van der Waals surface area contributed by atoms with Gasteiger partial charge in [-0.2, -0.15) is 0 Å². The van der Waals surface area contributed by atoms with Crippen LogP contribution in [-0.4, -0.2) is 24.6 Å². The molecular formula is C20H30N2O2. The van der Waals surface area contributed by atoms with Gasteiger partial charge in [0.1, 0.15) is 5.75 Å². The Morgan fingerprint density at radius 3 is 2.67 bits per heavy atom. The zero-order chi connectivity index (χ0) is 17.1. The lowest BCUT2D eigenvalue weighted by atomic mass is 9.67. The van der Waals surface area contributed by atoms with E-state index in [-0.39, 0.29) is 5.91 Å². The number of fused-ring (bicyclic) bond motifs is 2. The van der Waals surface area contributed by atoms with E-state index in [4.69, 9.17) is 10.5 Å². The summed E-state index contributed by atoms with van der Waals surface area (Å²) in [6, 6.07) is 6.80. The van der Waals surface area contributed by atoms with Crippen molar-refractivity contribution in [1.29, 1.82) is 0 Å². The molecule has 0 heterocycles. The molecule has 0 spiro atoms. The summed E-state index contributed by atoms with van der Waals surface area (Å²) in [7, 11) is 0. The Hall–Kier alpha value is -1.55. The summed E-state index contributed by atoms with van der Waals surface area (Å²) in [5.41, 5.74) is 8.44. The lowest BCUT2D eigenvalue weighted by molar-refractivity contribution is -0.123. The van der Waals surface area contributed by atoms with Crippen LogP contribution in [0.4, 0.5) is 0 Å². The lowest BCUT2D eigenvalue weighted by Gasteiger charge is -2.45. The Bertz CT molecular complexity index is 573. The summed E-state index contributed by atoms with van der Waals surface area (Å²) in [6.07, 6.45) is 6.21. The van der Waals surface area contributed by atoms with Crippen molar-refractivity contribution < 1.29 is 9.53 Å². The molecule has 2 bridgehead atoms. The molecule has 1 aromatic carbocycles. The third-order valence-electron chi connectivity index (χ3n) is 5.63. The highest BCUT2D eigenvalue weighted by Crippen LogP contribution is 2.39.